The van der Waals surface area contributed by atoms with Gasteiger partial charge in [0.2, 0.25) is 0 Å². The van der Waals surface area contributed by atoms with Gasteiger partial charge in [0.05, 0.1) is 52.3 Å². The highest BCUT2D eigenvalue weighted by Crippen LogP contribution is 2.45. The number of hydrogen-bond donors (Lipinski definition) is 7. The second-order valence-corrected chi connectivity index (χ2v) is 26.0. The maximum Gasteiger partial charge on any atom is 0.338 e. The molecule has 0 amide bonds. The summed E-state index contributed by atoms with van der Waals surface area (Å²) in [5.74, 6) is -2.13. The number of aromatic nitrogens is 6. The van der Waals surface area contributed by atoms with Crippen LogP contribution in [-0.4, -0.2) is 125 Å². The lowest BCUT2D eigenvalue weighted by Crippen LogP contribution is -2.07. The number of azo groups is 3. The van der Waals surface area contributed by atoms with E-state index in [4.69, 9.17) is 9.47 Å². The summed E-state index contributed by atoms with van der Waals surface area (Å²) in [6.07, 6.45) is 0. The Morgan fingerprint density at radius 2 is 0.944 bits per heavy atom. The predicted octanol–water partition coefficient (Wildman–Crippen LogP) is 9.82. The number of carboxylic acid groups (broad SMARTS) is 1. The van der Waals surface area contributed by atoms with Crippen LogP contribution >= 0.6 is 0 Å². The Morgan fingerprint density at radius 3 is 1.45 bits per heavy atom. The molecule has 0 bridgehead atoms. The first-order chi connectivity index (χ1) is 41.8. The molecule has 0 fully saturated rings. The number of hydrogen-bond acceptors (Lipinski definition) is 24. The van der Waals surface area contributed by atoms with Gasteiger partial charge in [0.25, 0.3) is 50.6 Å². The summed E-state index contributed by atoms with van der Waals surface area (Å²) in [4.78, 5) is 10.2. The second-order valence-electron chi connectivity index (χ2n) is 19.0. The normalized spacial score (nSPS) is 12.9. The van der Waals surface area contributed by atoms with E-state index >= 15 is 0 Å². The van der Waals surface area contributed by atoms with Gasteiger partial charge in [-0.05, 0) is 115 Å². The molecule has 7 N–H and O–H groups in total. The van der Waals surface area contributed by atoms with Crippen LogP contribution in [-0.2, 0) is 50.6 Å². The van der Waals surface area contributed by atoms with E-state index in [0.717, 1.165) is 27.8 Å². The van der Waals surface area contributed by atoms with E-state index in [2.05, 4.69) is 51.1 Å². The van der Waals surface area contributed by atoms with Crippen LogP contribution in [0.25, 0.3) is 65.8 Å². The Kier molecular flexibility index (Phi) is 14.9. The number of ether oxygens (including phenoxy) is 2. The van der Waals surface area contributed by atoms with E-state index in [1.54, 1.807) is 25.1 Å². The molecule has 0 saturated carbocycles. The first-order valence-corrected chi connectivity index (χ1v) is 31.8. The second kappa shape index (κ2) is 21.9. The lowest BCUT2D eigenvalue weighted by molar-refractivity contribution is 0.0696. The molecule has 2 aromatic heterocycles. The summed E-state index contributed by atoms with van der Waals surface area (Å²) in [6.45, 7) is 1.68. The SMILES string of the molecule is COc1cc(N=Nc2c(S(=O)(=O)O)cc3cc(-n4nc5ccc6c(S(=O)(=O)O)cc(S(=O)(=O)O)cc6c5n4)ccc3c2O)c(OC)cc1N=Nc1ccc(N=Nc2ccc(-n3nc4ccc5c(S(=O)(=O)O)cc(S(=O)(=O)O)cc5c4n3)c(C(=O)O)c2)c(C)c1. The zero-order chi connectivity index (χ0) is 64.0. The maximum absolute atomic E-state index is 12.9. The number of aromatic carboxylic acids is 1. The highest BCUT2D eigenvalue weighted by atomic mass is 32.2. The third-order valence-electron chi connectivity index (χ3n) is 13.4. The predicted molar refractivity (Wildman–Crippen MR) is 311 cm³/mol. The molecule has 11 rings (SSSR count). The van der Waals surface area contributed by atoms with Crippen LogP contribution in [0.15, 0.2) is 176 Å². The van der Waals surface area contributed by atoms with Gasteiger partial charge in [-0.3, -0.25) is 22.8 Å². The Bertz CT molecular complexity index is 5640. The van der Waals surface area contributed by atoms with E-state index in [-0.39, 0.29) is 99.9 Å². The molecule has 89 heavy (non-hydrogen) atoms. The Balaban J connectivity index is 0.842. The number of carboxylic acids is 1. The van der Waals surface area contributed by atoms with Crippen molar-refractivity contribution in [1.82, 2.24) is 30.0 Å². The zero-order valence-corrected chi connectivity index (χ0v) is 49.0. The standard InChI is InChI=1S/C52H36N12O20S5/c1-24-14-26(4-10-37(24)55-54-27-5-13-42(36(17-27)52(66)67)64-60-39-12-9-33-35(49(39)62-64)19-30(86(71,72)73)21-46(33)88(77,78)79)53-56-40-22-44(84-3)41(23-43(40)83-2)57-58-50-47(89(80,81)82)16-25-15-28(6-7-31(25)51(50)65)63-59-38-11-8-32-34(48(38)61-63)18-29(85(68,69)70)20-45(32)87(74,75)76/h4-23,65H,1-3H3,(H,66,67)(H,68,69,70)(H,71,72,73)(H,74,75,76)(H,77,78,79)(H,80,81,82). The maximum atomic E-state index is 12.9. The molecule has 0 spiro atoms. The lowest BCUT2D eigenvalue weighted by atomic mass is 10.1. The van der Waals surface area contributed by atoms with E-state index in [9.17, 15) is 79.9 Å². The van der Waals surface area contributed by atoms with Crippen molar-refractivity contribution in [3.8, 4) is 28.6 Å². The summed E-state index contributed by atoms with van der Waals surface area (Å²) in [5.41, 5.74) is 0.198. The van der Waals surface area contributed by atoms with Crippen LogP contribution < -0.4 is 9.47 Å². The number of benzene rings is 9. The monoisotopic (exact) mass is 1310 g/mol. The van der Waals surface area contributed by atoms with Crippen molar-refractivity contribution in [2.45, 2.75) is 31.4 Å². The third kappa shape index (κ3) is 11.7. The largest absolute Gasteiger partial charge is 0.505 e. The minimum absolute atomic E-state index is 0.000160. The third-order valence-corrected chi connectivity index (χ3v) is 17.7. The molecule has 32 nitrogen and oxygen atoms in total. The fourth-order valence-corrected chi connectivity index (χ4v) is 12.6. The van der Waals surface area contributed by atoms with Crippen LogP contribution in [0.5, 0.6) is 17.2 Å². The number of rotatable bonds is 16. The molecule has 0 aliphatic heterocycles. The number of nitrogens with zero attached hydrogens (tertiary/aromatic N) is 12. The topological polar surface area (TPSA) is 483 Å². The molecule has 0 unspecified atom stereocenters. The highest BCUT2D eigenvalue weighted by molar-refractivity contribution is 7.87. The van der Waals surface area contributed by atoms with Crippen molar-refractivity contribution in [1.29, 1.82) is 0 Å². The van der Waals surface area contributed by atoms with Crippen molar-refractivity contribution >= 4 is 145 Å². The van der Waals surface area contributed by atoms with Gasteiger partial charge in [0.15, 0.2) is 5.75 Å². The fourth-order valence-electron chi connectivity index (χ4n) is 9.31. The molecular formula is C52H36N12O20S5. The Morgan fingerprint density at radius 1 is 0.461 bits per heavy atom. The van der Waals surface area contributed by atoms with Crippen molar-refractivity contribution in [3.05, 3.63) is 132 Å². The van der Waals surface area contributed by atoms with E-state index in [1.165, 1.54) is 87.0 Å². The number of carbonyl (C=O) groups is 1. The van der Waals surface area contributed by atoms with Gasteiger partial charge in [-0.15, -0.1) is 40.5 Å². The van der Waals surface area contributed by atoms with Crippen LogP contribution in [0.2, 0.25) is 0 Å². The van der Waals surface area contributed by atoms with Crippen LogP contribution in [0.3, 0.4) is 0 Å². The molecular weight excluding hydrogens is 1270 g/mol. The average molecular weight is 1310 g/mol. The van der Waals surface area contributed by atoms with Gasteiger partial charge < -0.3 is 19.7 Å². The first-order valence-electron chi connectivity index (χ1n) is 24.6. The molecule has 11 aromatic rings. The summed E-state index contributed by atoms with van der Waals surface area (Å²) in [5, 5.41) is 63.6. The molecule has 0 radical (unpaired) electrons. The Labute approximate surface area is 499 Å². The minimum Gasteiger partial charge on any atom is -0.505 e. The van der Waals surface area contributed by atoms with Crippen LogP contribution in [0.4, 0.5) is 34.1 Å². The van der Waals surface area contributed by atoms with Gasteiger partial charge in [-0.2, -0.15) is 62.2 Å². The summed E-state index contributed by atoms with van der Waals surface area (Å²) < 4.78 is 184. The van der Waals surface area contributed by atoms with Gasteiger partial charge in [0.1, 0.15) is 71.0 Å². The molecule has 0 saturated heterocycles. The molecule has 37 heteroatoms. The van der Waals surface area contributed by atoms with E-state index < -0.39 is 92.5 Å². The highest BCUT2D eigenvalue weighted by Gasteiger charge is 2.27. The van der Waals surface area contributed by atoms with E-state index in [0.29, 0.717) is 29.1 Å². The number of aromatic hydroxyl groups is 1. The molecule has 454 valence electrons. The number of fused-ring (bicyclic) bond motifs is 7. The Hall–Kier alpha value is -10.2. The van der Waals surface area contributed by atoms with Crippen LogP contribution in [0, 0.1) is 6.92 Å². The lowest BCUT2D eigenvalue weighted by Gasteiger charge is -2.11. The summed E-state index contributed by atoms with van der Waals surface area (Å²) in [7, 11) is -22.6. The molecule has 9 aromatic carbocycles. The molecule has 0 aliphatic carbocycles. The summed E-state index contributed by atoms with van der Waals surface area (Å²) in [6, 6.07) is 24.4. The number of methoxy groups -OCH3 is 2. The smallest absolute Gasteiger partial charge is 0.338 e. The van der Waals surface area contributed by atoms with E-state index in [1.807, 2.05) is 0 Å². The van der Waals surface area contributed by atoms with Gasteiger partial charge in [0, 0.05) is 39.1 Å². The number of phenolic OH excluding ortho intramolecular Hbond substituents is 1. The fraction of sp³-hybridized carbons (Fsp3) is 0.0577. The van der Waals surface area contributed by atoms with Gasteiger partial charge in [-0.1, -0.05) is 12.1 Å². The van der Waals surface area contributed by atoms with Crippen molar-refractivity contribution in [3.63, 3.8) is 0 Å². The number of phenols is 1. The quantitative estimate of drug-likeness (QED) is 0.0349. The molecule has 2 heterocycles. The van der Waals surface area contributed by atoms with Crippen LogP contribution in [0.1, 0.15) is 15.9 Å². The van der Waals surface area contributed by atoms with Gasteiger partial charge in [-0.25, -0.2) is 4.79 Å². The zero-order valence-electron chi connectivity index (χ0n) is 44.9. The minimum atomic E-state index is -5.17. The van der Waals surface area contributed by atoms with Crippen molar-refractivity contribution < 1.29 is 89.3 Å². The number of aryl methyl sites for hydroxylation is 1. The van der Waals surface area contributed by atoms with Gasteiger partial charge >= 0.3 is 5.97 Å². The van der Waals surface area contributed by atoms with Crippen molar-refractivity contribution in [2.75, 3.05) is 14.2 Å². The van der Waals surface area contributed by atoms with Crippen molar-refractivity contribution in [2.24, 2.45) is 30.7 Å². The first kappa shape index (κ1) is 60.5. The molecule has 0 atom stereocenters. The summed E-state index contributed by atoms with van der Waals surface area (Å²) >= 11 is 0. The average Bonchev–Trinajstić information content (AvgIpc) is 1.76. The molecule has 0 aliphatic rings.